The number of rotatable bonds is 6. The highest BCUT2D eigenvalue weighted by Crippen LogP contribution is 2.41. The maximum Gasteiger partial charge on any atom is 0.251 e. The number of amides is 1. The van der Waals surface area contributed by atoms with Crippen LogP contribution < -0.4 is 10.1 Å². The minimum absolute atomic E-state index is 0.0215. The van der Waals surface area contributed by atoms with Crippen molar-refractivity contribution in [3.63, 3.8) is 0 Å². The summed E-state index contributed by atoms with van der Waals surface area (Å²) in [4.78, 5) is 14.6. The van der Waals surface area contributed by atoms with Gasteiger partial charge in [0.05, 0.1) is 18.2 Å². The molecule has 1 saturated heterocycles. The van der Waals surface area contributed by atoms with E-state index >= 15 is 0 Å². The van der Waals surface area contributed by atoms with Crippen LogP contribution in [0.2, 0.25) is 0 Å². The molecule has 0 aliphatic carbocycles. The SMILES string of the molecule is N#Cc1ccc2c(c1)C1CN(CCCCNC(=O)c3ccc(Br)cc3)CC1CO2. The van der Waals surface area contributed by atoms with Crippen LogP contribution >= 0.6 is 15.9 Å². The Morgan fingerprint density at radius 3 is 2.83 bits per heavy atom. The molecule has 0 aromatic heterocycles. The first-order chi connectivity index (χ1) is 14.1. The fourth-order valence-corrected chi connectivity index (χ4v) is 4.53. The van der Waals surface area contributed by atoms with Crippen LogP contribution in [-0.2, 0) is 0 Å². The summed E-state index contributed by atoms with van der Waals surface area (Å²) in [6.45, 7) is 4.51. The van der Waals surface area contributed by atoms with Crippen molar-refractivity contribution >= 4 is 21.8 Å². The molecule has 0 radical (unpaired) electrons. The zero-order chi connectivity index (χ0) is 20.2. The summed E-state index contributed by atoms with van der Waals surface area (Å²) in [6.07, 6.45) is 2.01. The van der Waals surface area contributed by atoms with E-state index in [1.54, 1.807) is 0 Å². The number of ether oxygens (including phenoxy) is 1. The molecular weight excluding hydrogens is 430 g/mol. The van der Waals surface area contributed by atoms with E-state index in [1.807, 2.05) is 42.5 Å². The molecule has 0 bridgehead atoms. The molecule has 2 aromatic rings. The molecule has 1 amide bonds. The molecular formula is C23H24BrN3O2. The second-order valence-electron chi connectivity index (χ2n) is 7.77. The predicted molar refractivity (Wildman–Crippen MR) is 115 cm³/mol. The molecule has 150 valence electrons. The number of unbranched alkanes of at least 4 members (excludes halogenated alkanes) is 1. The van der Waals surface area contributed by atoms with Crippen molar-refractivity contribution < 1.29 is 9.53 Å². The van der Waals surface area contributed by atoms with Crippen LogP contribution in [0.25, 0.3) is 0 Å². The average Bonchev–Trinajstić information content (AvgIpc) is 3.17. The third-order valence-electron chi connectivity index (χ3n) is 5.80. The number of nitrogens with zero attached hydrogens (tertiary/aromatic N) is 2. The average molecular weight is 454 g/mol. The van der Waals surface area contributed by atoms with Crippen molar-refractivity contribution in [1.29, 1.82) is 5.26 Å². The van der Waals surface area contributed by atoms with E-state index < -0.39 is 0 Å². The van der Waals surface area contributed by atoms with Gasteiger partial charge in [-0.3, -0.25) is 4.79 Å². The van der Waals surface area contributed by atoms with Gasteiger partial charge in [-0.05, 0) is 61.9 Å². The highest BCUT2D eigenvalue weighted by atomic mass is 79.9. The van der Waals surface area contributed by atoms with E-state index in [1.165, 1.54) is 5.56 Å². The highest BCUT2D eigenvalue weighted by Gasteiger charge is 2.38. The van der Waals surface area contributed by atoms with Crippen LogP contribution in [0.5, 0.6) is 5.75 Å². The normalized spacial score (nSPS) is 20.3. The van der Waals surface area contributed by atoms with Gasteiger partial charge >= 0.3 is 0 Å². The van der Waals surface area contributed by atoms with Crippen LogP contribution in [0, 0.1) is 17.2 Å². The van der Waals surface area contributed by atoms with E-state index in [0.29, 0.717) is 29.5 Å². The topological polar surface area (TPSA) is 65.4 Å². The number of carbonyl (C=O) groups is 1. The third-order valence-corrected chi connectivity index (χ3v) is 6.33. The highest BCUT2D eigenvalue weighted by molar-refractivity contribution is 9.10. The Kier molecular flexibility index (Phi) is 6.17. The number of fused-ring (bicyclic) bond motifs is 3. The molecule has 4 rings (SSSR count). The summed E-state index contributed by atoms with van der Waals surface area (Å²) in [6, 6.07) is 15.4. The summed E-state index contributed by atoms with van der Waals surface area (Å²) in [7, 11) is 0. The fourth-order valence-electron chi connectivity index (χ4n) is 4.27. The lowest BCUT2D eigenvalue weighted by atomic mass is 9.86. The van der Waals surface area contributed by atoms with Crippen molar-refractivity contribution in [2.45, 2.75) is 18.8 Å². The molecule has 2 aliphatic heterocycles. The van der Waals surface area contributed by atoms with Crippen molar-refractivity contribution in [2.24, 2.45) is 5.92 Å². The zero-order valence-corrected chi connectivity index (χ0v) is 17.8. The van der Waals surface area contributed by atoms with Gasteiger partial charge in [-0.1, -0.05) is 15.9 Å². The van der Waals surface area contributed by atoms with Gasteiger partial charge in [0.15, 0.2) is 0 Å². The predicted octanol–water partition coefficient (Wildman–Crippen LogP) is 3.94. The number of hydrogen-bond acceptors (Lipinski definition) is 4. The van der Waals surface area contributed by atoms with Gasteiger partial charge in [0.1, 0.15) is 5.75 Å². The van der Waals surface area contributed by atoms with E-state index in [-0.39, 0.29) is 5.91 Å². The first-order valence-corrected chi connectivity index (χ1v) is 10.9. The van der Waals surface area contributed by atoms with Gasteiger partial charge in [0, 0.05) is 47.1 Å². The molecule has 6 heteroatoms. The number of benzene rings is 2. The Bertz CT molecular complexity index is 923. The van der Waals surface area contributed by atoms with E-state index in [4.69, 9.17) is 4.74 Å². The standard InChI is InChI=1S/C23H24BrN3O2/c24-19-6-4-17(5-7-19)23(28)26-9-1-2-10-27-13-18-15-29-22-8-3-16(12-25)11-20(22)21(18)14-27/h3-8,11,18,21H,1-2,9-10,13-15H2,(H,26,28). The van der Waals surface area contributed by atoms with Gasteiger partial charge in [0.2, 0.25) is 0 Å². The van der Waals surface area contributed by atoms with Crippen LogP contribution in [0.15, 0.2) is 46.9 Å². The molecule has 2 heterocycles. The number of likely N-dealkylation sites (tertiary alicyclic amines) is 1. The number of nitrogens with one attached hydrogen (secondary N) is 1. The molecule has 1 N–H and O–H groups in total. The zero-order valence-electron chi connectivity index (χ0n) is 16.2. The van der Waals surface area contributed by atoms with Crippen LogP contribution in [-0.4, -0.2) is 43.6 Å². The summed E-state index contributed by atoms with van der Waals surface area (Å²) < 4.78 is 6.89. The Morgan fingerprint density at radius 1 is 1.21 bits per heavy atom. The Morgan fingerprint density at radius 2 is 2.03 bits per heavy atom. The molecule has 1 fully saturated rings. The molecule has 5 nitrogen and oxygen atoms in total. The van der Waals surface area contributed by atoms with Crippen molar-refractivity contribution in [2.75, 3.05) is 32.8 Å². The monoisotopic (exact) mass is 453 g/mol. The first kappa shape index (κ1) is 19.9. The molecule has 2 atom stereocenters. The Labute approximate surface area is 179 Å². The van der Waals surface area contributed by atoms with E-state index in [2.05, 4.69) is 32.2 Å². The van der Waals surface area contributed by atoms with Gasteiger partial charge in [0.25, 0.3) is 5.91 Å². The lowest BCUT2D eigenvalue weighted by Crippen LogP contribution is -2.27. The number of nitriles is 1. The summed E-state index contributed by atoms with van der Waals surface area (Å²) >= 11 is 3.38. The quantitative estimate of drug-likeness (QED) is 0.672. The Hall–Kier alpha value is -2.36. The van der Waals surface area contributed by atoms with Crippen molar-refractivity contribution in [3.05, 3.63) is 63.6 Å². The van der Waals surface area contributed by atoms with Gasteiger partial charge < -0.3 is 15.0 Å². The molecule has 29 heavy (non-hydrogen) atoms. The van der Waals surface area contributed by atoms with Crippen LogP contribution in [0.1, 0.15) is 40.2 Å². The lowest BCUT2D eigenvalue weighted by molar-refractivity contribution is 0.0952. The van der Waals surface area contributed by atoms with Gasteiger partial charge in [-0.25, -0.2) is 0 Å². The fraction of sp³-hybridized carbons (Fsp3) is 0.391. The maximum atomic E-state index is 12.1. The molecule has 0 saturated carbocycles. The van der Waals surface area contributed by atoms with Crippen LogP contribution in [0.3, 0.4) is 0 Å². The summed E-state index contributed by atoms with van der Waals surface area (Å²) in [5.74, 6) is 1.85. The number of hydrogen-bond donors (Lipinski definition) is 1. The molecule has 0 spiro atoms. The minimum atomic E-state index is -0.0215. The third kappa shape index (κ3) is 4.63. The van der Waals surface area contributed by atoms with Gasteiger partial charge in [-0.15, -0.1) is 0 Å². The van der Waals surface area contributed by atoms with Crippen molar-refractivity contribution in [3.8, 4) is 11.8 Å². The Balaban J connectivity index is 1.22. The van der Waals surface area contributed by atoms with Crippen LogP contribution in [0.4, 0.5) is 0 Å². The van der Waals surface area contributed by atoms with E-state index in [9.17, 15) is 10.1 Å². The lowest BCUT2D eigenvalue weighted by Gasteiger charge is -2.27. The maximum absolute atomic E-state index is 12.1. The second kappa shape index (κ2) is 8.98. The number of carbonyl (C=O) groups excluding carboxylic acids is 1. The molecule has 2 unspecified atom stereocenters. The summed E-state index contributed by atoms with van der Waals surface area (Å²) in [5.41, 5.74) is 2.57. The minimum Gasteiger partial charge on any atom is -0.493 e. The first-order valence-electron chi connectivity index (χ1n) is 10.1. The summed E-state index contributed by atoms with van der Waals surface area (Å²) in [5, 5.41) is 12.2. The van der Waals surface area contributed by atoms with Crippen molar-refractivity contribution in [1.82, 2.24) is 10.2 Å². The second-order valence-corrected chi connectivity index (χ2v) is 8.69. The number of halogens is 1. The van der Waals surface area contributed by atoms with E-state index in [0.717, 1.165) is 49.3 Å². The molecule has 2 aromatic carbocycles. The molecule has 2 aliphatic rings. The smallest absolute Gasteiger partial charge is 0.251 e. The van der Waals surface area contributed by atoms with Gasteiger partial charge in [-0.2, -0.15) is 5.26 Å². The largest absolute Gasteiger partial charge is 0.493 e.